The molecule has 0 aliphatic carbocycles. The Morgan fingerprint density at radius 3 is 2.57 bits per heavy atom. The highest BCUT2D eigenvalue weighted by Crippen LogP contribution is 2.34. The molecule has 0 saturated carbocycles. The molecule has 0 aromatic heterocycles. The van der Waals surface area contributed by atoms with Gasteiger partial charge in [0.1, 0.15) is 11.6 Å². The molecular formula is C16H16Br2FNO. The molecule has 2 aromatic rings. The zero-order valence-electron chi connectivity index (χ0n) is 11.8. The van der Waals surface area contributed by atoms with Gasteiger partial charge in [0.05, 0.1) is 17.6 Å². The molecule has 1 unspecified atom stereocenters. The van der Waals surface area contributed by atoms with E-state index < -0.39 is 0 Å². The highest BCUT2D eigenvalue weighted by atomic mass is 79.9. The molecule has 21 heavy (non-hydrogen) atoms. The van der Waals surface area contributed by atoms with Crippen LogP contribution >= 0.6 is 31.9 Å². The molecule has 0 fully saturated rings. The normalized spacial score (nSPS) is 12.2. The van der Waals surface area contributed by atoms with Crippen LogP contribution in [0.1, 0.15) is 24.1 Å². The van der Waals surface area contributed by atoms with E-state index in [9.17, 15) is 4.39 Å². The van der Waals surface area contributed by atoms with Crippen LogP contribution in [0.3, 0.4) is 0 Å². The van der Waals surface area contributed by atoms with Crippen molar-refractivity contribution >= 4 is 31.9 Å². The van der Waals surface area contributed by atoms with E-state index in [4.69, 9.17) is 4.74 Å². The SMILES string of the molecule is CCNC(c1cc(OC)ccc1Br)c1cccc(Br)c1F. The molecule has 0 spiro atoms. The monoisotopic (exact) mass is 415 g/mol. The number of hydrogen-bond acceptors (Lipinski definition) is 2. The van der Waals surface area contributed by atoms with E-state index in [1.54, 1.807) is 19.2 Å². The summed E-state index contributed by atoms with van der Waals surface area (Å²) in [6, 6.07) is 10.8. The van der Waals surface area contributed by atoms with Crippen LogP contribution in [0.4, 0.5) is 4.39 Å². The maximum Gasteiger partial charge on any atom is 0.142 e. The molecule has 0 heterocycles. The first-order valence-electron chi connectivity index (χ1n) is 6.59. The van der Waals surface area contributed by atoms with Crippen LogP contribution < -0.4 is 10.1 Å². The molecule has 2 aromatic carbocycles. The Kier molecular flexibility index (Phi) is 5.79. The third kappa shape index (κ3) is 3.65. The third-order valence-corrected chi connectivity index (χ3v) is 4.55. The summed E-state index contributed by atoms with van der Waals surface area (Å²) >= 11 is 6.79. The molecule has 0 aliphatic heterocycles. The van der Waals surface area contributed by atoms with Crippen molar-refractivity contribution in [2.24, 2.45) is 0 Å². The van der Waals surface area contributed by atoms with Crippen LogP contribution in [0.2, 0.25) is 0 Å². The van der Waals surface area contributed by atoms with Gasteiger partial charge in [-0.2, -0.15) is 0 Å². The van der Waals surface area contributed by atoms with Crippen molar-refractivity contribution in [3.63, 3.8) is 0 Å². The molecule has 0 radical (unpaired) electrons. The van der Waals surface area contributed by atoms with E-state index in [0.717, 1.165) is 22.3 Å². The highest BCUT2D eigenvalue weighted by Gasteiger charge is 2.21. The number of nitrogens with one attached hydrogen (secondary N) is 1. The number of benzene rings is 2. The summed E-state index contributed by atoms with van der Waals surface area (Å²) in [5.74, 6) is 0.490. The van der Waals surface area contributed by atoms with Gasteiger partial charge in [0.15, 0.2) is 0 Å². The van der Waals surface area contributed by atoms with Crippen molar-refractivity contribution < 1.29 is 9.13 Å². The summed E-state index contributed by atoms with van der Waals surface area (Å²) in [6.07, 6.45) is 0. The van der Waals surface area contributed by atoms with Crippen molar-refractivity contribution in [1.29, 1.82) is 0 Å². The van der Waals surface area contributed by atoms with Crippen molar-refractivity contribution in [2.45, 2.75) is 13.0 Å². The predicted octanol–water partition coefficient (Wildman–Crippen LogP) is 5.06. The van der Waals surface area contributed by atoms with Crippen LogP contribution in [-0.2, 0) is 0 Å². The summed E-state index contributed by atoms with van der Waals surface area (Å²) in [5.41, 5.74) is 1.54. The maximum absolute atomic E-state index is 14.4. The van der Waals surface area contributed by atoms with Gasteiger partial charge >= 0.3 is 0 Å². The van der Waals surface area contributed by atoms with Gasteiger partial charge < -0.3 is 10.1 Å². The third-order valence-electron chi connectivity index (χ3n) is 3.21. The van der Waals surface area contributed by atoms with Gasteiger partial charge in [0, 0.05) is 10.0 Å². The molecule has 0 aliphatic rings. The Balaban J connectivity index is 2.55. The lowest BCUT2D eigenvalue weighted by atomic mass is 9.98. The number of ether oxygens (including phenoxy) is 1. The number of rotatable bonds is 5. The first-order chi connectivity index (χ1) is 10.1. The molecule has 0 saturated heterocycles. The van der Waals surface area contributed by atoms with Crippen LogP contribution in [0.15, 0.2) is 45.3 Å². The summed E-state index contributed by atoms with van der Waals surface area (Å²) in [7, 11) is 1.62. The Bertz CT molecular complexity index is 634. The minimum absolute atomic E-state index is 0.252. The lowest BCUT2D eigenvalue weighted by molar-refractivity contribution is 0.413. The Morgan fingerprint density at radius 1 is 1.14 bits per heavy atom. The van der Waals surface area contributed by atoms with Crippen molar-refractivity contribution in [2.75, 3.05) is 13.7 Å². The smallest absolute Gasteiger partial charge is 0.142 e. The van der Waals surface area contributed by atoms with Crippen molar-refractivity contribution in [3.8, 4) is 5.75 Å². The van der Waals surface area contributed by atoms with Gasteiger partial charge in [0.25, 0.3) is 0 Å². The van der Waals surface area contributed by atoms with Crippen LogP contribution in [0.25, 0.3) is 0 Å². The molecule has 112 valence electrons. The van der Waals surface area contributed by atoms with Gasteiger partial charge in [-0.3, -0.25) is 0 Å². The lowest BCUT2D eigenvalue weighted by Crippen LogP contribution is -2.23. The Labute approximate surface area is 141 Å². The fourth-order valence-corrected chi connectivity index (χ4v) is 3.06. The van der Waals surface area contributed by atoms with E-state index in [0.29, 0.717) is 10.0 Å². The second-order valence-electron chi connectivity index (χ2n) is 4.52. The average molecular weight is 417 g/mol. The lowest BCUT2D eigenvalue weighted by Gasteiger charge is -2.22. The van der Waals surface area contributed by atoms with Gasteiger partial charge in [0.2, 0.25) is 0 Å². The van der Waals surface area contributed by atoms with E-state index in [1.165, 1.54) is 0 Å². The van der Waals surface area contributed by atoms with Crippen LogP contribution in [0.5, 0.6) is 5.75 Å². The first kappa shape index (κ1) is 16.5. The van der Waals surface area contributed by atoms with Gasteiger partial charge in [-0.25, -0.2) is 4.39 Å². The minimum atomic E-state index is -0.253. The first-order valence-corrected chi connectivity index (χ1v) is 8.17. The second kappa shape index (κ2) is 7.38. The average Bonchev–Trinajstić information content (AvgIpc) is 2.49. The fourth-order valence-electron chi connectivity index (χ4n) is 2.21. The van der Waals surface area contributed by atoms with Crippen LogP contribution in [0, 0.1) is 5.82 Å². The molecule has 0 amide bonds. The summed E-state index contributed by atoms with van der Waals surface area (Å²) in [4.78, 5) is 0. The fraction of sp³-hybridized carbons (Fsp3) is 0.250. The number of halogens is 3. The highest BCUT2D eigenvalue weighted by molar-refractivity contribution is 9.10. The number of hydrogen-bond donors (Lipinski definition) is 1. The Morgan fingerprint density at radius 2 is 1.90 bits per heavy atom. The largest absolute Gasteiger partial charge is 0.497 e. The molecule has 2 rings (SSSR count). The second-order valence-corrected chi connectivity index (χ2v) is 6.23. The molecule has 1 atom stereocenters. The predicted molar refractivity (Wildman–Crippen MR) is 90.3 cm³/mol. The van der Waals surface area contributed by atoms with Gasteiger partial charge in [-0.1, -0.05) is 35.0 Å². The summed E-state index contributed by atoms with van der Waals surface area (Å²) in [6.45, 7) is 2.72. The number of methoxy groups -OCH3 is 1. The standard InChI is InChI=1S/C16H16Br2FNO/c1-3-20-16(11-5-4-6-14(18)15(11)19)12-9-10(21-2)7-8-13(12)17/h4-9,16,20H,3H2,1-2H3. The zero-order valence-corrected chi connectivity index (χ0v) is 15.0. The van der Waals surface area contributed by atoms with E-state index in [-0.39, 0.29) is 11.9 Å². The molecule has 2 nitrogen and oxygen atoms in total. The van der Waals surface area contributed by atoms with Crippen molar-refractivity contribution in [1.82, 2.24) is 5.32 Å². The molecule has 1 N–H and O–H groups in total. The van der Waals surface area contributed by atoms with E-state index in [1.807, 2.05) is 31.2 Å². The van der Waals surface area contributed by atoms with E-state index in [2.05, 4.69) is 37.2 Å². The maximum atomic E-state index is 14.4. The minimum Gasteiger partial charge on any atom is -0.497 e. The van der Waals surface area contributed by atoms with Gasteiger partial charge in [-0.05, 0) is 52.3 Å². The van der Waals surface area contributed by atoms with Gasteiger partial charge in [-0.15, -0.1) is 0 Å². The zero-order chi connectivity index (χ0) is 15.4. The van der Waals surface area contributed by atoms with Crippen LogP contribution in [-0.4, -0.2) is 13.7 Å². The molecule has 0 bridgehead atoms. The molecule has 5 heteroatoms. The summed E-state index contributed by atoms with van der Waals surface area (Å²) in [5, 5.41) is 3.33. The topological polar surface area (TPSA) is 21.3 Å². The Hall–Kier alpha value is -0.910. The molecular weight excluding hydrogens is 401 g/mol. The van der Waals surface area contributed by atoms with E-state index >= 15 is 0 Å². The summed E-state index contributed by atoms with van der Waals surface area (Å²) < 4.78 is 21.1. The quantitative estimate of drug-likeness (QED) is 0.735. The van der Waals surface area contributed by atoms with Crippen molar-refractivity contribution in [3.05, 3.63) is 62.3 Å².